The van der Waals surface area contributed by atoms with E-state index < -0.39 is 0 Å². The predicted molar refractivity (Wildman–Crippen MR) is 74.5 cm³/mol. The second-order valence-electron chi connectivity index (χ2n) is 5.39. The first-order chi connectivity index (χ1) is 8.61. The van der Waals surface area contributed by atoms with Crippen LogP contribution in [0.25, 0.3) is 0 Å². The van der Waals surface area contributed by atoms with Crippen LogP contribution in [0.2, 0.25) is 0 Å². The fraction of sp³-hybridized carbons (Fsp3) is 0.533. The molecular weight excluding hydrogens is 224 g/mol. The standard InChI is InChI=1S/C15H22N2O/c1-17(13-8-4-2-5-9-13)14(18)12-15(16)10-6-3-7-11-15/h2,4-5,8-9H,3,6-7,10-12,16H2,1H3. The van der Waals surface area contributed by atoms with Crippen molar-refractivity contribution in [1.29, 1.82) is 0 Å². The highest BCUT2D eigenvalue weighted by Crippen LogP contribution is 2.29. The lowest BCUT2D eigenvalue weighted by Crippen LogP contribution is -2.46. The molecule has 0 atom stereocenters. The van der Waals surface area contributed by atoms with Crippen LogP contribution in [0.4, 0.5) is 5.69 Å². The van der Waals surface area contributed by atoms with Gasteiger partial charge in [0.1, 0.15) is 0 Å². The molecule has 1 aromatic rings. The molecule has 1 saturated carbocycles. The Balaban J connectivity index is 1.99. The first kappa shape index (κ1) is 13.1. The fourth-order valence-electron chi connectivity index (χ4n) is 2.65. The maximum atomic E-state index is 12.3. The van der Waals surface area contributed by atoms with E-state index in [0.29, 0.717) is 6.42 Å². The zero-order valence-corrected chi connectivity index (χ0v) is 11.1. The van der Waals surface area contributed by atoms with Crippen LogP contribution in [0, 0.1) is 0 Å². The van der Waals surface area contributed by atoms with Gasteiger partial charge in [0.2, 0.25) is 5.91 Å². The number of hydrogen-bond donors (Lipinski definition) is 1. The van der Waals surface area contributed by atoms with E-state index in [-0.39, 0.29) is 11.4 Å². The van der Waals surface area contributed by atoms with Gasteiger partial charge in [0.15, 0.2) is 0 Å². The summed E-state index contributed by atoms with van der Waals surface area (Å²) in [5.41, 5.74) is 6.98. The molecule has 3 nitrogen and oxygen atoms in total. The van der Waals surface area contributed by atoms with Gasteiger partial charge >= 0.3 is 0 Å². The van der Waals surface area contributed by atoms with E-state index in [1.165, 1.54) is 6.42 Å². The van der Waals surface area contributed by atoms with Crippen molar-refractivity contribution in [2.45, 2.75) is 44.1 Å². The monoisotopic (exact) mass is 246 g/mol. The molecule has 1 aromatic carbocycles. The molecule has 0 aliphatic heterocycles. The Morgan fingerprint density at radius 3 is 2.44 bits per heavy atom. The Kier molecular flexibility index (Phi) is 4.02. The number of amides is 1. The minimum Gasteiger partial charge on any atom is -0.325 e. The van der Waals surface area contributed by atoms with Crippen molar-refractivity contribution >= 4 is 11.6 Å². The molecular formula is C15H22N2O. The van der Waals surface area contributed by atoms with Gasteiger partial charge in [-0.2, -0.15) is 0 Å². The quantitative estimate of drug-likeness (QED) is 0.891. The molecule has 0 radical (unpaired) electrons. The van der Waals surface area contributed by atoms with Gasteiger partial charge in [0, 0.05) is 24.7 Å². The Morgan fingerprint density at radius 1 is 1.22 bits per heavy atom. The van der Waals surface area contributed by atoms with Crippen LogP contribution in [0.1, 0.15) is 38.5 Å². The molecule has 1 aliphatic rings. The summed E-state index contributed by atoms with van der Waals surface area (Å²) in [7, 11) is 1.82. The maximum Gasteiger partial charge on any atom is 0.228 e. The van der Waals surface area contributed by atoms with Gasteiger partial charge in [-0.25, -0.2) is 0 Å². The Morgan fingerprint density at radius 2 is 1.83 bits per heavy atom. The van der Waals surface area contributed by atoms with E-state index in [1.807, 2.05) is 37.4 Å². The minimum absolute atomic E-state index is 0.116. The largest absolute Gasteiger partial charge is 0.325 e. The predicted octanol–water partition coefficient (Wildman–Crippen LogP) is 2.70. The van der Waals surface area contributed by atoms with Crippen LogP contribution in [0.5, 0.6) is 0 Å². The summed E-state index contributed by atoms with van der Waals surface area (Å²) in [6.45, 7) is 0. The number of nitrogens with zero attached hydrogens (tertiary/aromatic N) is 1. The SMILES string of the molecule is CN(C(=O)CC1(N)CCCCC1)c1ccccc1. The molecule has 0 heterocycles. The Labute approximate surface area is 109 Å². The summed E-state index contributed by atoms with van der Waals surface area (Å²) < 4.78 is 0. The minimum atomic E-state index is -0.279. The summed E-state index contributed by atoms with van der Waals surface area (Å²) in [6, 6.07) is 9.73. The van der Waals surface area contributed by atoms with Crippen molar-refractivity contribution in [2.75, 3.05) is 11.9 Å². The average Bonchev–Trinajstić information content (AvgIpc) is 2.39. The van der Waals surface area contributed by atoms with Crippen molar-refractivity contribution in [3.63, 3.8) is 0 Å². The molecule has 2 N–H and O–H groups in total. The van der Waals surface area contributed by atoms with Gasteiger partial charge in [-0.05, 0) is 25.0 Å². The van der Waals surface area contributed by atoms with Gasteiger partial charge in [0.05, 0.1) is 0 Å². The average molecular weight is 246 g/mol. The summed E-state index contributed by atoms with van der Waals surface area (Å²) in [5, 5.41) is 0. The summed E-state index contributed by atoms with van der Waals surface area (Å²) >= 11 is 0. The number of rotatable bonds is 3. The van der Waals surface area contributed by atoms with Gasteiger partial charge in [-0.3, -0.25) is 4.79 Å². The number of carbonyl (C=O) groups is 1. The van der Waals surface area contributed by atoms with Crippen molar-refractivity contribution < 1.29 is 4.79 Å². The molecule has 1 fully saturated rings. The van der Waals surface area contributed by atoms with Crippen molar-refractivity contribution in [2.24, 2.45) is 5.73 Å². The van der Waals surface area contributed by atoms with E-state index >= 15 is 0 Å². The van der Waals surface area contributed by atoms with Crippen molar-refractivity contribution in [3.8, 4) is 0 Å². The van der Waals surface area contributed by atoms with E-state index in [1.54, 1.807) is 4.90 Å². The van der Waals surface area contributed by atoms with Gasteiger partial charge in [0.25, 0.3) is 0 Å². The van der Waals surface area contributed by atoms with Crippen molar-refractivity contribution in [1.82, 2.24) is 0 Å². The lowest BCUT2D eigenvalue weighted by molar-refractivity contribution is -0.119. The molecule has 0 spiro atoms. The highest BCUT2D eigenvalue weighted by atomic mass is 16.2. The van der Waals surface area contributed by atoms with E-state index in [4.69, 9.17) is 5.73 Å². The number of carbonyl (C=O) groups excluding carboxylic acids is 1. The number of anilines is 1. The molecule has 1 amide bonds. The molecule has 0 saturated heterocycles. The van der Waals surface area contributed by atoms with Crippen LogP contribution >= 0.6 is 0 Å². The van der Waals surface area contributed by atoms with Gasteiger partial charge in [-0.1, -0.05) is 37.5 Å². The lowest BCUT2D eigenvalue weighted by Gasteiger charge is -2.34. The molecule has 0 aromatic heterocycles. The summed E-state index contributed by atoms with van der Waals surface area (Å²) in [5.74, 6) is 0.116. The van der Waals surface area contributed by atoms with Crippen molar-refractivity contribution in [3.05, 3.63) is 30.3 Å². The first-order valence-corrected chi connectivity index (χ1v) is 6.71. The number of para-hydroxylation sites is 1. The van der Waals surface area contributed by atoms with Gasteiger partial charge < -0.3 is 10.6 Å². The third-order valence-electron chi connectivity index (χ3n) is 3.87. The van der Waals surface area contributed by atoms with Crippen LogP contribution in [0.3, 0.4) is 0 Å². The number of benzene rings is 1. The third-order valence-corrected chi connectivity index (χ3v) is 3.87. The second-order valence-corrected chi connectivity index (χ2v) is 5.39. The van der Waals surface area contributed by atoms with E-state index in [9.17, 15) is 4.79 Å². The summed E-state index contributed by atoms with van der Waals surface area (Å²) in [4.78, 5) is 14.0. The first-order valence-electron chi connectivity index (χ1n) is 6.71. The molecule has 0 unspecified atom stereocenters. The van der Waals surface area contributed by atoms with Crippen LogP contribution in [0.15, 0.2) is 30.3 Å². The number of nitrogens with two attached hydrogens (primary N) is 1. The summed E-state index contributed by atoms with van der Waals surface area (Å²) in [6.07, 6.45) is 5.96. The highest BCUT2D eigenvalue weighted by molar-refractivity contribution is 5.93. The van der Waals surface area contributed by atoms with Crippen LogP contribution in [-0.2, 0) is 4.79 Å². The highest BCUT2D eigenvalue weighted by Gasteiger charge is 2.31. The lowest BCUT2D eigenvalue weighted by atomic mass is 9.80. The van der Waals surface area contributed by atoms with E-state index in [0.717, 1.165) is 31.4 Å². The smallest absolute Gasteiger partial charge is 0.228 e. The molecule has 98 valence electrons. The molecule has 0 bridgehead atoms. The topological polar surface area (TPSA) is 46.3 Å². The van der Waals surface area contributed by atoms with Crippen LogP contribution < -0.4 is 10.6 Å². The van der Waals surface area contributed by atoms with Gasteiger partial charge in [-0.15, -0.1) is 0 Å². The number of hydrogen-bond acceptors (Lipinski definition) is 2. The fourth-order valence-corrected chi connectivity index (χ4v) is 2.65. The second kappa shape index (κ2) is 5.53. The zero-order valence-electron chi connectivity index (χ0n) is 11.1. The molecule has 2 rings (SSSR count). The van der Waals surface area contributed by atoms with E-state index in [2.05, 4.69) is 0 Å². The third kappa shape index (κ3) is 3.10. The molecule has 1 aliphatic carbocycles. The maximum absolute atomic E-state index is 12.3. The normalized spacial score (nSPS) is 18.3. The Hall–Kier alpha value is -1.35. The van der Waals surface area contributed by atoms with Crippen LogP contribution in [-0.4, -0.2) is 18.5 Å². The Bertz CT molecular complexity index is 396. The zero-order chi connectivity index (χ0) is 13.0. The molecule has 18 heavy (non-hydrogen) atoms. The molecule has 3 heteroatoms.